The van der Waals surface area contributed by atoms with E-state index in [9.17, 15) is 30.4 Å². The van der Waals surface area contributed by atoms with Crippen molar-refractivity contribution < 1.29 is 34.5 Å². The van der Waals surface area contributed by atoms with Gasteiger partial charge in [0, 0.05) is 12.1 Å². The third kappa shape index (κ3) is 3.52. The average molecular weight is 324 g/mol. The molecule has 118 valence electrons. The molecule has 1 nitrogen and oxygen atoms in total. The molecule has 0 atom stereocenters. The molecule has 0 aliphatic heterocycles. The molecule has 0 radical (unpaired) electrons. The molecule has 0 saturated heterocycles. The van der Waals surface area contributed by atoms with E-state index in [1.807, 2.05) is 0 Å². The van der Waals surface area contributed by atoms with E-state index in [0.717, 1.165) is 0 Å². The van der Waals surface area contributed by atoms with Crippen LogP contribution in [0.15, 0.2) is 52.6 Å². The Balaban J connectivity index is 0.000000309. The van der Waals surface area contributed by atoms with Gasteiger partial charge in [-0.1, -0.05) is 37.4 Å². The summed E-state index contributed by atoms with van der Waals surface area (Å²) in [7, 11) is -6.00. The number of hydrogen-bond donors (Lipinski definition) is 0. The van der Waals surface area contributed by atoms with E-state index in [1.54, 1.807) is 36.4 Å². The van der Waals surface area contributed by atoms with Crippen molar-refractivity contribution in [2.75, 3.05) is 0 Å². The van der Waals surface area contributed by atoms with Gasteiger partial charge in [0.15, 0.2) is 0 Å². The highest BCUT2D eigenvalue weighted by Crippen LogP contribution is 2.43. The summed E-state index contributed by atoms with van der Waals surface area (Å²) >= 11 is 0. The molecule has 3 aromatic rings. The van der Waals surface area contributed by atoms with Crippen molar-refractivity contribution in [3.05, 3.63) is 48.5 Å². The molecule has 0 aliphatic rings. The van der Waals surface area contributed by atoms with E-state index in [2.05, 4.69) is 0 Å². The number of alkyl halides is 3. The van der Waals surface area contributed by atoms with Gasteiger partial charge in [-0.25, -0.2) is 0 Å². The van der Waals surface area contributed by atoms with E-state index in [1.165, 1.54) is 16.2 Å². The molecular weight excluding hydrogens is 316 g/mol. The van der Waals surface area contributed by atoms with Crippen LogP contribution >= 0.6 is 0 Å². The maximum absolute atomic E-state index is 13.0. The highest BCUT2D eigenvalue weighted by Gasteiger charge is 2.44. The fourth-order valence-electron chi connectivity index (χ4n) is 2.10. The average Bonchev–Trinajstić information content (AvgIpc) is 2.71. The molecular formula is C13H8BF7O. The molecule has 22 heavy (non-hydrogen) atoms. The summed E-state index contributed by atoms with van der Waals surface area (Å²) in [5.74, 6) is 0. The van der Waals surface area contributed by atoms with Crippen LogP contribution in [0.5, 0.6) is 0 Å². The Morgan fingerprint density at radius 1 is 0.682 bits per heavy atom. The van der Waals surface area contributed by atoms with Crippen molar-refractivity contribution >= 4 is 29.2 Å². The Hall–Kier alpha value is -2.19. The van der Waals surface area contributed by atoms with E-state index in [4.69, 9.17) is 0 Å². The minimum Gasteiger partial charge on any atom is -0.451 e. The van der Waals surface area contributed by atoms with Crippen LogP contribution in [0.4, 0.5) is 30.4 Å². The van der Waals surface area contributed by atoms with Crippen molar-refractivity contribution in [1.29, 1.82) is 0 Å². The zero-order chi connectivity index (χ0) is 16.5. The number of fused-ring (bicyclic) bond motifs is 3. The lowest BCUT2D eigenvalue weighted by Crippen LogP contribution is -2.03. The van der Waals surface area contributed by atoms with Gasteiger partial charge < -0.3 is 21.3 Å². The predicted octanol–water partition coefficient (Wildman–Crippen LogP) is 6.05. The Kier molecular flexibility index (Phi) is 4.08. The number of rotatable bonds is 0. The van der Waals surface area contributed by atoms with Crippen LogP contribution < -0.4 is 0 Å². The lowest BCUT2D eigenvalue weighted by atomic mass is 10.2. The van der Waals surface area contributed by atoms with Gasteiger partial charge in [-0.3, -0.25) is 0 Å². The summed E-state index contributed by atoms with van der Waals surface area (Å²) in [6.07, 6.45) is -4.48. The van der Waals surface area contributed by atoms with Gasteiger partial charge in [0.2, 0.25) is 0 Å². The summed E-state index contributed by atoms with van der Waals surface area (Å²) < 4.78 is 79.4. The fourth-order valence-corrected chi connectivity index (χ4v) is 2.10. The molecule has 1 aromatic heterocycles. The van der Waals surface area contributed by atoms with Crippen LogP contribution in [0.3, 0.4) is 0 Å². The van der Waals surface area contributed by atoms with Crippen LogP contribution in [0.1, 0.15) is 0 Å². The van der Waals surface area contributed by atoms with Crippen molar-refractivity contribution in [2.24, 2.45) is 0 Å². The molecule has 0 aliphatic carbocycles. The molecule has 3 rings (SSSR count). The van der Waals surface area contributed by atoms with Gasteiger partial charge in [-0.05, 0) is 12.1 Å². The van der Waals surface area contributed by atoms with Crippen molar-refractivity contribution in [2.45, 2.75) is 6.36 Å². The summed E-state index contributed by atoms with van der Waals surface area (Å²) in [5.41, 5.74) is 0.224. The molecule has 1 heterocycles. The smallest absolute Gasteiger partial charge is 0.451 e. The van der Waals surface area contributed by atoms with Crippen molar-refractivity contribution in [1.82, 2.24) is 0 Å². The van der Waals surface area contributed by atoms with Crippen molar-refractivity contribution in [3.63, 3.8) is 0 Å². The molecule has 0 unspecified atom stereocenters. The monoisotopic (exact) mass is 324 g/mol. The fraction of sp³-hybridized carbons (Fsp3) is 0.0769. The van der Waals surface area contributed by atoms with Gasteiger partial charge in [-0.2, -0.15) is 0 Å². The maximum atomic E-state index is 13.0. The molecule has 0 bridgehead atoms. The summed E-state index contributed by atoms with van der Waals surface area (Å²) in [5, 5.41) is 1.18. The normalized spacial score (nSPS) is 12.3. The number of furan rings is 1. The van der Waals surface area contributed by atoms with E-state index >= 15 is 0 Å². The minimum atomic E-state index is -6.00. The van der Waals surface area contributed by atoms with Gasteiger partial charge in [0.25, 0.3) is 11.2 Å². The van der Waals surface area contributed by atoms with Crippen LogP contribution in [0, 0.1) is 0 Å². The number of para-hydroxylation sites is 2. The van der Waals surface area contributed by atoms with Crippen molar-refractivity contribution in [3.8, 4) is 0 Å². The van der Waals surface area contributed by atoms with Crippen LogP contribution in [-0.2, 0) is 6.36 Å². The first-order valence-corrected chi connectivity index (χ1v) is 5.96. The highest BCUT2D eigenvalue weighted by atomic mass is 19.5. The lowest BCUT2D eigenvalue weighted by Gasteiger charge is -2.06. The molecule has 9 heteroatoms. The highest BCUT2D eigenvalue weighted by molar-refractivity contribution is 6.50. The van der Waals surface area contributed by atoms with E-state index < -0.39 is 13.6 Å². The zero-order valence-corrected chi connectivity index (χ0v) is 10.8. The van der Waals surface area contributed by atoms with Crippen LogP contribution in [-0.4, -0.2) is 7.25 Å². The third-order valence-electron chi connectivity index (χ3n) is 2.74. The SMILES string of the molecule is FC(F)(F)[o+]1c2ccccc2c2ccccc21.F[B-](F)(F)F. The Labute approximate surface area is 119 Å². The molecule has 0 N–H and O–H groups in total. The summed E-state index contributed by atoms with van der Waals surface area (Å²) in [4.78, 5) is 0. The zero-order valence-electron chi connectivity index (χ0n) is 10.8. The molecule has 0 fully saturated rings. The third-order valence-corrected chi connectivity index (χ3v) is 2.74. The number of hydrogen-bond acceptors (Lipinski definition) is 0. The van der Waals surface area contributed by atoms with E-state index in [-0.39, 0.29) is 11.2 Å². The largest absolute Gasteiger partial charge is 0.701 e. The minimum absolute atomic E-state index is 0.112. The first-order valence-electron chi connectivity index (χ1n) is 5.96. The Morgan fingerprint density at radius 2 is 1.00 bits per heavy atom. The second-order valence-corrected chi connectivity index (χ2v) is 4.24. The summed E-state index contributed by atoms with van der Waals surface area (Å²) in [6.45, 7) is 0. The second-order valence-electron chi connectivity index (χ2n) is 4.24. The topological polar surface area (TPSA) is 2.70 Å². The lowest BCUT2D eigenvalue weighted by molar-refractivity contribution is -0.354. The second kappa shape index (κ2) is 5.55. The maximum Gasteiger partial charge on any atom is 0.701 e. The Bertz CT molecular complexity index is 729. The first-order chi connectivity index (χ1) is 10.1. The standard InChI is InChI=1S/C13H8F3O.BF4/c14-13(15,16)17-11-7-3-1-5-9(11)10-6-2-4-8-12(10)17;2-1(3,4)5/h1-8H;/q+1;-1. The number of benzene rings is 2. The molecule has 2 aromatic carbocycles. The number of halogens is 7. The first kappa shape index (κ1) is 16.2. The van der Waals surface area contributed by atoms with Gasteiger partial charge in [0.05, 0.1) is 10.8 Å². The molecule has 0 amide bonds. The van der Waals surface area contributed by atoms with Gasteiger partial charge in [-0.15, -0.1) is 0 Å². The van der Waals surface area contributed by atoms with Crippen LogP contribution in [0.2, 0.25) is 0 Å². The van der Waals surface area contributed by atoms with E-state index in [0.29, 0.717) is 10.8 Å². The van der Waals surface area contributed by atoms with Gasteiger partial charge >= 0.3 is 13.6 Å². The molecule has 0 saturated carbocycles. The van der Waals surface area contributed by atoms with Gasteiger partial charge in [0.1, 0.15) is 0 Å². The Morgan fingerprint density at radius 3 is 1.32 bits per heavy atom. The summed E-state index contributed by atoms with van der Waals surface area (Å²) in [6, 6.07) is 12.9. The molecule has 0 spiro atoms. The van der Waals surface area contributed by atoms with Crippen LogP contribution in [0.25, 0.3) is 21.9 Å². The predicted molar refractivity (Wildman–Crippen MR) is 69.8 cm³/mol. The quantitative estimate of drug-likeness (QED) is 0.269.